The number of nitrogens with zero attached hydrogens (tertiary/aromatic N) is 1. The summed E-state index contributed by atoms with van der Waals surface area (Å²) in [6.45, 7) is 0. The molecule has 0 aliphatic carbocycles. The van der Waals surface area contributed by atoms with Crippen LogP contribution in [0.5, 0.6) is 5.75 Å². The summed E-state index contributed by atoms with van der Waals surface area (Å²) in [6.07, 6.45) is 2.72. The number of methoxy groups -OCH3 is 1. The van der Waals surface area contributed by atoms with Crippen LogP contribution < -0.4 is 4.74 Å². The predicted molar refractivity (Wildman–Crippen MR) is 88.3 cm³/mol. The number of fused-ring (bicyclic) bond motifs is 1. The number of carboxylic acid groups (broad SMARTS) is 1. The molecule has 2 aromatic heterocycles. The lowest BCUT2D eigenvalue weighted by Crippen LogP contribution is -1.86. The van der Waals surface area contributed by atoms with E-state index in [4.69, 9.17) is 9.84 Å². The maximum atomic E-state index is 10.5. The summed E-state index contributed by atoms with van der Waals surface area (Å²) in [5.41, 5.74) is 2.74. The van der Waals surface area contributed by atoms with Crippen molar-refractivity contribution < 1.29 is 14.6 Å². The van der Waals surface area contributed by atoms with Crippen LogP contribution in [0.15, 0.2) is 47.9 Å². The van der Waals surface area contributed by atoms with Gasteiger partial charge in [-0.1, -0.05) is 6.07 Å². The fraction of sp³-hybridized carbons (Fsp3) is 0.0588. The average Bonchev–Trinajstić information content (AvgIpc) is 3.01. The first-order chi connectivity index (χ1) is 10.7. The molecule has 3 aromatic rings. The molecular formula is C17H13NO3S. The number of aliphatic carboxylic acids is 1. The summed E-state index contributed by atoms with van der Waals surface area (Å²) in [5, 5.41) is 11.6. The van der Waals surface area contributed by atoms with Gasteiger partial charge in [-0.2, -0.15) is 0 Å². The molecule has 0 amide bonds. The average molecular weight is 311 g/mol. The molecule has 0 radical (unpaired) electrons. The van der Waals surface area contributed by atoms with Crippen LogP contribution >= 0.6 is 11.3 Å². The summed E-state index contributed by atoms with van der Waals surface area (Å²) in [4.78, 5) is 16.1. The third-order valence-corrected chi connectivity index (χ3v) is 4.10. The molecule has 0 atom stereocenters. The number of ether oxygens (including phenoxy) is 1. The molecular weight excluding hydrogens is 298 g/mol. The van der Waals surface area contributed by atoms with E-state index in [1.807, 2.05) is 41.8 Å². The third-order valence-electron chi connectivity index (χ3n) is 3.20. The molecule has 0 bridgehead atoms. The van der Waals surface area contributed by atoms with E-state index in [9.17, 15) is 4.79 Å². The molecule has 0 aliphatic rings. The number of rotatable bonds is 4. The van der Waals surface area contributed by atoms with E-state index in [0.29, 0.717) is 0 Å². The van der Waals surface area contributed by atoms with Gasteiger partial charge in [-0.05, 0) is 36.4 Å². The molecule has 110 valence electrons. The van der Waals surface area contributed by atoms with Crippen molar-refractivity contribution in [2.45, 2.75) is 0 Å². The van der Waals surface area contributed by atoms with E-state index in [2.05, 4.69) is 4.98 Å². The standard InChI is InChI=1S/C17H13NO3S/c1-21-13-3-6-15-11(8-13)2-5-16(18-15)12-9-14(22-10-12)4-7-17(19)20/h2-10H,1H3,(H,19,20)/b7-4+. The number of hydrogen-bond acceptors (Lipinski definition) is 4. The summed E-state index contributed by atoms with van der Waals surface area (Å²) in [5.74, 6) is -0.147. The van der Waals surface area contributed by atoms with Crippen molar-refractivity contribution in [3.8, 4) is 17.0 Å². The Morgan fingerprint density at radius 2 is 2.14 bits per heavy atom. The second-order valence-corrected chi connectivity index (χ2v) is 5.61. The SMILES string of the molecule is COc1ccc2nc(-c3csc(/C=C/C(=O)O)c3)ccc2c1. The highest BCUT2D eigenvalue weighted by Crippen LogP contribution is 2.28. The summed E-state index contributed by atoms with van der Waals surface area (Å²) in [7, 11) is 1.64. The maximum absolute atomic E-state index is 10.5. The Morgan fingerprint density at radius 3 is 2.91 bits per heavy atom. The highest BCUT2D eigenvalue weighted by molar-refractivity contribution is 7.11. The zero-order valence-corrected chi connectivity index (χ0v) is 12.6. The van der Waals surface area contributed by atoms with E-state index in [-0.39, 0.29) is 0 Å². The number of carbonyl (C=O) groups is 1. The maximum Gasteiger partial charge on any atom is 0.328 e. The molecule has 0 saturated heterocycles. The lowest BCUT2D eigenvalue weighted by molar-refractivity contribution is -0.131. The second kappa shape index (κ2) is 5.99. The Bertz CT molecular complexity index is 867. The zero-order chi connectivity index (χ0) is 15.5. The van der Waals surface area contributed by atoms with E-state index in [0.717, 1.165) is 38.9 Å². The van der Waals surface area contributed by atoms with Crippen molar-refractivity contribution in [2.24, 2.45) is 0 Å². The minimum absolute atomic E-state index is 0.804. The van der Waals surface area contributed by atoms with Crippen LogP contribution in [-0.2, 0) is 4.79 Å². The molecule has 3 rings (SSSR count). The van der Waals surface area contributed by atoms with Gasteiger partial charge < -0.3 is 9.84 Å². The van der Waals surface area contributed by atoms with Crippen molar-refractivity contribution in [3.05, 3.63) is 52.7 Å². The normalized spacial score (nSPS) is 11.1. The van der Waals surface area contributed by atoms with Gasteiger partial charge in [-0.25, -0.2) is 9.78 Å². The minimum atomic E-state index is -0.951. The van der Waals surface area contributed by atoms with Gasteiger partial charge >= 0.3 is 5.97 Å². The first-order valence-electron chi connectivity index (χ1n) is 6.60. The third kappa shape index (κ3) is 2.99. The molecule has 2 heterocycles. The Kier molecular flexibility index (Phi) is 3.89. The molecule has 22 heavy (non-hydrogen) atoms. The van der Waals surface area contributed by atoms with Crippen LogP contribution in [-0.4, -0.2) is 23.2 Å². The second-order valence-electron chi connectivity index (χ2n) is 4.66. The number of pyridine rings is 1. The Morgan fingerprint density at radius 1 is 1.27 bits per heavy atom. The number of carboxylic acids is 1. The lowest BCUT2D eigenvalue weighted by atomic mass is 10.1. The van der Waals surface area contributed by atoms with Crippen LogP contribution in [0.25, 0.3) is 28.2 Å². The highest BCUT2D eigenvalue weighted by Gasteiger charge is 2.05. The summed E-state index contributed by atoms with van der Waals surface area (Å²) >= 11 is 1.49. The van der Waals surface area contributed by atoms with Crippen LogP contribution in [0.1, 0.15) is 4.88 Å². The first-order valence-corrected chi connectivity index (χ1v) is 7.48. The van der Waals surface area contributed by atoms with Gasteiger partial charge in [0, 0.05) is 27.3 Å². The zero-order valence-electron chi connectivity index (χ0n) is 11.8. The van der Waals surface area contributed by atoms with E-state index in [1.54, 1.807) is 13.2 Å². The van der Waals surface area contributed by atoms with Crippen LogP contribution in [0.2, 0.25) is 0 Å². The number of aromatic nitrogens is 1. The molecule has 5 heteroatoms. The molecule has 4 nitrogen and oxygen atoms in total. The highest BCUT2D eigenvalue weighted by atomic mass is 32.1. The van der Waals surface area contributed by atoms with E-state index in [1.165, 1.54) is 11.3 Å². The van der Waals surface area contributed by atoms with E-state index < -0.39 is 5.97 Å². The molecule has 0 saturated carbocycles. The lowest BCUT2D eigenvalue weighted by Gasteiger charge is -2.03. The van der Waals surface area contributed by atoms with Gasteiger partial charge in [-0.15, -0.1) is 11.3 Å². The van der Waals surface area contributed by atoms with Crippen LogP contribution in [0.4, 0.5) is 0 Å². The Balaban J connectivity index is 1.95. The number of hydrogen-bond donors (Lipinski definition) is 1. The van der Waals surface area contributed by atoms with Gasteiger partial charge in [0.2, 0.25) is 0 Å². The van der Waals surface area contributed by atoms with Gasteiger partial charge in [0.25, 0.3) is 0 Å². The molecule has 0 spiro atoms. The van der Waals surface area contributed by atoms with Crippen molar-refractivity contribution in [3.63, 3.8) is 0 Å². The van der Waals surface area contributed by atoms with Crippen LogP contribution in [0, 0.1) is 0 Å². The monoisotopic (exact) mass is 311 g/mol. The van der Waals surface area contributed by atoms with Gasteiger partial charge in [-0.3, -0.25) is 0 Å². The predicted octanol–water partition coefficient (Wildman–Crippen LogP) is 4.07. The van der Waals surface area contributed by atoms with Crippen molar-refractivity contribution in [1.82, 2.24) is 4.98 Å². The molecule has 1 aromatic carbocycles. The molecule has 0 unspecified atom stereocenters. The smallest absolute Gasteiger partial charge is 0.328 e. The first kappa shape index (κ1) is 14.3. The number of thiophene rings is 1. The van der Waals surface area contributed by atoms with E-state index >= 15 is 0 Å². The number of benzene rings is 1. The Labute approximate surface area is 131 Å². The van der Waals surface area contributed by atoms with Crippen LogP contribution in [0.3, 0.4) is 0 Å². The Hall–Kier alpha value is -2.66. The summed E-state index contributed by atoms with van der Waals surface area (Å²) in [6, 6.07) is 11.6. The topological polar surface area (TPSA) is 59.4 Å². The van der Waals surface area contributed by atoms with Crippen molar-refractivity contribution in [1.29, 1.82) is 0 Å². The summed E-state index contributed by atoms with van der Waals surface area (Å²) < 4.78 is 5.21. The quantitative estimate of drug-likeness (QED) is 0.738. The van der Waals surface area contributed by atoms with Gasteiger partial charge in [0.05, 0.1) is 18.3 Å². The largest absolute Gasteiger partial charge is 0.497 e. The van der Waals surface area contributed by atoms with Gasteiger partial charge in [0.1, 0.15) is 5.75 Å². The van der Waals surface area contributed by atoms with Crippen molar-refractivity contribution in [2.75, 3.05) is 7.11 Å². The molecule has 0 fully saturated rings. The fourth-order valence-electron chi connectivity index (χ4n) is 2.12. The van der Waals surface area contributed by atoms with Gasteiger partial charge in [0.15, 0.2) is 0 Å². The fourth-order valence-corrected chi connectivity index (χ4v) is 2.91. The minimum Gasteiger partial charge on any atom is -0.497 e. The molecule has 1 N–H and O–H groups in total. The van der Waals surface area contributed by atoms with Crippen molar-refractivity contribution >= 4 is 34.3 Å². The molecule has 0 aliphatic heterocycles.